The Labute approximate surface area is 93.2 Å². The highest BCUT2D eigenvalue weighted by Gasteiger charge is 2.44. The second-order valence-electron chi connectivity index (χ2n) is 5.29. The van der Waals surface area contributed by atoms with E-state index in [1.54, 1.807) is 7.11 Å². The highest BCUT2D eigenvalue weighted by Crippen LogP contribution is 2.43. The van der Waals surface area contributed by atoms with E-state index in [0.29, 0.717) is 13.2 Å². The summed E-state index contributed by atoms with van der Waals surface area (Å²) in [4.78, 5) is 0. The molecule has 90 valence electrons. The Hall–Kier alpha value is -0.120. The van der Waals surface area contributed by atoms with Crippen LogP contribution in [0.3, 0.4) is 0 Å². The zero-order valence-corrected chi connectivity index (χ0v) is 10.3. The zero-order chi connectivity index (χ0) is 11.4. The van der Waals surface area contributed by atoms with E-state index in [2.05, 4.69) is 19.2 Å². The van der Waals surface area contributed by atoms with Crippen molar-refractivity contribution in [2.45, 2.75) is 45.1 Å². The average Bonchev–Trinajstić information content (AvgIpc) is 2.18. The number of hydrogen-bond acceptors (Lipinski definition) is 3. The first-order chi connectivity index (χ1) is 7.02. The molecule has 15 heavy (non-hydrogen) atoms. The number of rotatable bonds is 5. The molecule has 1 rings (SSSR count). The minimum atomic E-state index is -0.543. The molecule has 1 fully saturated rings. The van der Waals surface area contributed by atoms with Gasteiger partial charge in [0.05, 0.1) is 12.2 Å². The zero-order valence-electron chi connectivity index (χ0n) is 10.3. The Morgan fingerprint density at radius 2 is 1.93 bits per heavy atom. The van der Waals surface area contributed by atoms with Crippen LogP contribution in [0.4, 0.5) is 0 Å². The molecule has 0 aromatic rings. The summed E-state index contributed by atoms with van der Waals surface area (Å²) in [5.41, 5.74) is -0.510. The van der Waals surface area contributed by atoms with Gasteiger partial charge in [0.25, 0.3) is 0 Å². The number of aliphatic hydroxyl groups is 1. The Balaban J connectivity index is 2.41. The summed E-state index contributed by atoms with van der Waals surface area (Å²) in [7, 11) is 1.70. The maximum Gasteiger partial charge on any atom is 0.0822 e. The molecule has 3 nitrogen and oxygen atoms in total. The molecule has 1 atom stereocenters. The highest BCUT2D eigenvalue weighted by atomic mass is 16.5. The van der Waals surface area contributed by atoms with Crippen LogP contribution in [0, 0.1) is 5.41 Å². The van der Waals surface area contributed by atoms with Crippen LogP contribution in [0.5, 0.6) is 0 Å². The third-order valence-corrected chi connectivity index (χ3v) is 3.80. The van der Waals surface area contributed by atoms with E-state index in [1.165, 1.54) is 6.42 Å². The molecule has 1 saturated carbocycles. The molecular formula is C12H25NO2. The van der Waals surface area contributed by atoms with Gasteiger partial charge in [-0.3, -0.25) is 0 Å². The molecule has 0 radical (unpaired) electrons. The third-order valence-electron chi connectivity index (χ3n) is 3.80. The van der Waals surface area contributed by atoms with Crippen molar-refractivity contribution in [3.63, 3.8) is 0 Å². The molecule has 1 aliphatic carbocycles. The average molecular weight is 215 g/mol. The van der Waals surface area contributed by atoms with E-state index in [4.69, 9.17) is 4.74 Å². The molecular weight excluding hydrogens is 190 g/mol. The molecule has 0 spiro atoms. The number of ether oxygens (including phenoxy) is 1. The van der Waals surface area contributed by atoms with Crippen molar-refractivity contribution in [1.82, 2.24) is 5.32 Å². The highest BCUT2D eigenvalue weighted by molar-refractivity contribution is 4.97. The van der Waals surface area contributed by atoms with Gasteiger partial charge in [-0.05, 0) is 18.3 Å². The molecule has 1 unspecified atom stereocenters. The Morgan fingerprint density at radius 3 is 2.53 bits per heavy atom. The van der Waals surface area contributed by atoms with Crippen molar-refractivity contribution < 1.29 is 9.84 Å². The van der Waals surface area contributed by atoms with E-state index >= 15 is 0 Å². The lowest BCUT2D eigenvalue weighted by atomic mass is 9.65. The van der Waals surface area contributed by atoms with E-state index in [0.717, 1.165) is 25.8 Å². The predicted octanol–water partition coefficient (Wildman–Crippen LogP) is 1.55. The number of methoxy groups -OCH3 is 1. The van der Waals surface area contributed by atoms with E-state index < -0.39 is 5.60 Å². The summed E-state index contributed by atoms with van der Waals surface area (Å²) in [6.45, 7) is 6.54. The van der Waals surface area contributed by atoms with Crippen LogP contribution in [-0.4, -0.2) is 37.5 Å². The quantitative estimate of drug-likeness (QED) is 0.684. The largest absolute Gasteiger partial charge is 0.388 e. The van der Waals surface area contributed by atoms with Crippen LogP contribution < -0.4 is 5.32 Å². The third kappa shape index (κ3) is 3.16. The molecule has 0 saturated heterocycles. The first-order valence-corrected chi connectivity index (χ1v) is 5.94. The topological polar surface area (TPSA) is 41.5 Å². The predicted molar refractivity (Wildman–Crippen MR) is 61.9 cm³/mol. The second kappa shape index (κ2) is 5.28. The van der Waals surface area contributed by atoms with Gasteiger partial charge in [0.1, 0.15) is 0 Å². The monoisotopic (exact) mass is 215 g/mol. The van der Waals surface area contributed by atoms with Gasteiger partial charge < -0.3 is 15.2 Å². The fourth-order valence-electron chi connectivity index (χ4n) is 2.35. The molecule has 0 aromatic heterocycles. The molecule has 3 heteroatoms. The standard InChI is InChI=1S/C12H25NO2/c1-11(2)6-4-5-7-12(11,14)10-13-8-9-15-3/h13-14H,4-10H2,1-3H3. The van der Waals surface area contributed by atoms with Crippen molar-refractivity contribution in [2.75, 3.05) is 26.8 Å². The normalized spacial score (nSPS) is 30.4. The SMILES string of the molecule is COCCNCC1(O)CCCCC1(C)C. The van der Waals surface area contributed by atoms with Gasteiger partial charge in [-0.25, -0.2) is 0 Å². The fourth-order valence-corrected chi connectivity index (χ4v) is 2.35. The lowest BCUT2D eigenvalue weighted by Gasteiger charge is -2.46. The van der Waals surface area contributed by atoms with Crippen molar-refractivity contribution in [3.05, 3.63) is 0 Å². The van der Waals surface area contributed by atoms with Crippen molar-refractivity contribution in [3.8, 4) is 0 Å². The summed E-state index contributed by atoms with van der Waals surface area (Å²) in [5.74, 6) is 0. The summed E-state index contributed by atoms with van der Waals surface area (Å²) < 4.78 is 4.97. The minimum absolute atomic E-state index is 0.0331. The Morgan fingerprint density at radius 1 is 1.27 bits per heavy atom. The number of nitrogens with one attached hydrogen (secondary N) is 1. The first-order valence-electron chi connectivity index (χ1n) is 5.94. The van der Waals surface area contributed by atoms with Crippen LogP contribution in [0.15, 0.2) is 0 Å². The van der Waals surface area contributed by atoms with Crippen molar-refractivity contribution >= 4 is 0 Å². The van der Waals surface area contributed by atoms with E-state index in [1.807, 2.05) is 0 Å². The maximum atomic E-state index is 10.6. The van der Waals surface area contributed by atoms with E-state index in [-0.39, 0.29) is 5.41 Å². The smallest absolute Gasteiger partial charge is 0.0822 e. The Kier molecular flexibility index (Phi) is 4.56. The molecule has 0 bridgehead atoms. The van der Waals surface area contributed by atoms with Crippen molar-refractivity contribution in [2.24, 2.45) is 5.41 Å². The van der Waals surface area contributed by atoms with Crippen LogP contribution >= 0.6 is 0 Å². The van der Waals surface area contributed by atoms with Gasteiger partial charge in [0.2, 0.25) is 0 Å². The van der Waals surface area contributed by atoms with Crippen LogP contribution in [0.25, 0.3) is 0 Å². The van der Waals surface area contributed by atoms with Gasteiger partial charge in [-0.15, -0.1) is 0 Å². The second-order valence-corrected chi connectivity index (χ2v) is 5.29. The van der Waals surface area contributed by atoms with Crippen LogP contribution in [0.2, 0.25) is 0 Å². The van der Waals surface area contributed by atoms with Crippen molar-refractivity contribution in [1.29, 1.82) is 0 Å². The van der Waals surface area contributed by atoms with Gasteiger partial charge in [-0.2, -0.15) is 0 Å². The van der Waals surface area contributed by atoms with E-state index in [9.17, 15) is 5.11 Å². The van der Waals surface area contributed by atoms with Gasteiger partial charge in [0, 0.05) is 20.2 Å². The molecule has 1 aliphatic rings. The molecule has 0 amide bonds. The molecule has 0 aliphatic heterocycles. The lowest BCUT2D eigenvalue weighted by molar-refractivity contribution is -0.0943. The number of hydrogen-bond donors (Lipinski definition) is 2. The van der Waals surface area contributed by atoms with Gasteiger partial charge >= 0.3 is 0 Å². The minimum Gasteiger partial charge on any atom is -0.388 e. The van der Waals surface area contributed by atoms with Crippen LogP contribution in [-0.2, 0) is 4.74 Å². The van der Waals surface area contributed by atoms with Gasteiger partial charge in [-0.1, -0.05) is 26.7 Å². The maximum absolute atomic E-state index is 10.6. The molecule has 2 N–H and O–H groups in total. The summed E-state index contributed by atoms with van der Waals surface area (Å²) in [5, 5.41) is 13.9. The molecule has 0 aromatic carbocycles. The first kappa shape index (κ1) is 12.9. The van der Waals surface area contributed by atoms with Crippen LogP contribution in [0.1, 0.15) is 39.5 Å². The lowest BCUT2D eigenvalue weighted by Crippen LogP contribution is -2.54. The fraction of sp³-hybridized carbons (Fsp3) is 1.00. The summed E-state index contributed by atoms with van der Waals surface area (Å²) >= 11 is 0. The van der Waals surface area contributed by atoms with Gasteiger partial charge in [0.15, 0.2) is 0 Å². The molecule has 0 heterocycles. The summed E-state index contributed by atoms with van der Waals surface area (Å²) in [6, 6.07) is 0. The Bertz CT molecular complexity index is 194. The summed E-state index contributed by atoms with van der Waals surface area (Å²) in [6.07, 6.45) is 4.43.